The van der Waals surface area contributed by atoms with E-state index in [0.29, 0.717) is 12.5 Å². The minimum atomic E-state index is 0.404. The lowest BCUT2D eigenvalue weighted by Gasteiger charge is -2.17. The van der Waals surface area contributed by atoms with Gasteiger partial charge in [-0.25, -0.2) is 4.98 Å². The molecule has 0 saturated carbocycles. The quantitative estimate of drug-likeness (QED) is 0.454. The molecule has 1 atom stereocenters. The van der Waals surface area contributed by atoms with Crippen LogP contribution in [0.1, 0.15) is 35.4 Å². The van der Waals surface area contributed by atoms with Gasteiger partial charge in [0.1, 0.15) is 5.82 Å². The fourth-order valence-electron chi connectivity index (χ4n) is 3.33. The summed E-state index contributed by atoms with van der Waals surface area (Å²) in [6.07, 6.45) is 4.89. The molecule has 2 N–H and O–H groups in total. The number of rotatable bonds is 8. The average Bonchev–Trinajstić information content (AvgIpc) is 3.20. The molecule has 29 heavy (non-hydrogen) atoms. The van der Waals surface area contributed by atoms with Crippen LogP contribution < -0.4 is 10.6 Å². The Morgan fingerprint density at radius 2 is 1.93 bits per heavy atom. The Kier molecular flexibility index (Phi) is 7.45. The first kappa shape index (κ1) is 20.6. The van der Waals surface area contributed by atoms with E-state index in [0.717, 1.165) is 31.3 Å². The van der Waals surface area contributed by atoms with Crippen LogP contribution >= 0.6 is 0 Å². The normalized spacial score (nSPS) is 12.6. The first-order valence-corrected chi connectivity index (χ1v) is 10.2. The fourth-order valence-corrected chi connectivity index (χ4v) is 3.33. The number of nitrogens with zero attached hydrogens (tertiary/aromatic N) is 3. The van der Waals surface area contributed by atoms with Gasteiger partial charge in [-0.15, -0.1) is 0 Å². The van der Waals surface area contributed by atoms with Crippen molar-refractivity contribution in [3.63, 3.8) is 0 Å². The van der Waals surface area contributed by atoms with Crippen LogP contribution in [-0.4, -0.2) is 29.1 Å². The van der Waals surface area contributed by atoms with E-state index < -0.39 is 0 Å². The van der Waals surface area contributed by atoms with Gasteiger partial charge in [-0.2, -0.15) is 0 Å². The van der Waals surface area contributed by atoms with Crippen LogP contribution in [0.4, 0.5) is 0 Å². The summed E-state index contributed by atoms with van der Waals surface area (Å²) in [6.45, 7) is 6.73. The van der Waals surface area contributed by atoms with Gasteiger partial charge in [0.25, 0.3) is 0 Å². The van der Waals surface area contributed by atoms with Crippen molar-refractivity contribution in [1.29, 1.82) is 0 Å². The third-order valence-electron chi connectivity index (χ3n) is 5.11. The van der Waals surface area contributed by atoms with E-state index in [9.17, 15) is 0 Å². The molecular formula is C24H31N5. The highest BCUT2D eigenvalue weighted by Gasteiger charge is 2.08. The molecule has 0 fully saturated rings. The summed E-state index contributed by atoms with van der Waals surface area (Å²) in [5.41, 5.74) is 3.96. The van der Waals surface area contributed by atoms with E-state index >= 15 is 0 Å². The van der Waals surface area contributed by atoms with Crippen LogP contribution in [0.5, 0.6) is 0 Å². The molecule has 0 bridgehead atoms. The zero-order chi connectivity index (χ0) is 20.5. The van der Waals surface area contributed by atoms with E-state index in [1.54, 1.807) is 7.05 Å². The maximum atomic E-state index is 4.50. The molecule has 0 saturated heterocycles. The lowest BCUT2D eigenvalue weighted by molar-refractivity contribution is 0.630. The molecule has 0 aliphatic rings. The highest BCUT2D eigenvalue weighted by molar-refractivity contribution is 5.79. The molecular weight excluding hydrogens is 358 g/mol. The summed E-state index contributed by atoms with van der Waals surface area (Å²) in [7, 11) is 1.80. The van der Waals surface area contributed by atoms with Crippen molar-refractivity contribution in [1.82, 2.24) is 20.2 Å². The van der Waals surface area contributed by atoms with Crippen LogP contribution in [0.15, 0.2) is 72.0 Å². The smallest absolute Gasteiger partial charge is 0.191 e. The fraction of sp³-hybridized carbons (Fsp3) is 0.333. The molecule has 152 valence electrons. The predicted molar refractivity (Wildman–Crippen MR) is 120 cm³/mol. The zero-order valence-electron chi connectivity index (χ0n) is 17.6. The molecule has 5 nitrogen and oxygen atoms in total. The number of nitrogens with one attached hydrogen (secondary N) is 2. The Bertz CT molecular complexity index is 914. The van der Waals surface area contributed by atoms with Crippen molar-refractivity contribution in [2.45, 2.75) is 39.3 Å². The summed E-state index contributed by atoms with van der Waals surface area (Å²) in [6, 6.07) is 19.2. The first-order valence-electron chi connectivity index (χ1n) is 10.2. The van der Waals surface area contributed by atoms with E-state index in [2.05, 4.69) is 93.6 Å². The summed E-state index contributed by atoms with van der Waals surface area (Å²) < 4.78 is 2.20. The molecule has 0 aliphatic heterocycles. The molecule has 0 aliphatic carbocycles. The molecule has 0 amide bonds. The van der Waals surface area contributed by atoms with Gasteiger partial charge in [0, 0.05) is 32.5 Å². The third kappa shape index (κ3) is 6.21. The highest BCUT2D eigenvalue weighted by atomic mass is 15.2. The molecule has 3 aromatic rings. The Hall–Kier alpha value is -3.08. The van der Waals surface area contributed by atoms with Crippen molar-refractivity contribution in [2.24, 2.45) is 4.99 Å². The van der Waals surface area contributed by atoms with Crippen LogP contribution in [0, 0.1) is 6.92 Å². The van der Waals surface area contributed by atoms with E-state index in [-0.39, 0.29) is 0 Å². The lowest BCUT2D eigenvalue weighted by atomic mass is 9.99. The predicted octanol–water partition coefficient (Wildman–Crippen LogP) is 3.90. The molecule has 3 rings (SSSR count). The standard InChI is InChI=1S/C24H31N5/c1-19-8-7-11-22(16-19)20(2)17-27-24(25-3)28-18-23-26-13-15-29(23)14-12-21-9-5-4-6-10-21/h4-11,13,15-16,20H,12,14,17-18H2,1-3H3,(H2,25,27,28). The summed E-state index contributed by atoms with van der Waals surface area (Å²) in [4.78, 5) is 8.86. The highest BCUT2D eigenvalue weighted by Crippen LogP contribution is 2.15. The molecule has 0 radical (unpaired) electrons. The monoisotopic (exact) mass is 389 g/mol. The Labute approximate surface area is 173 Å². The first-order chi connectivity index (χ1) is 14.2. The largest absolute Gasteiger partial charge is 0.356 e. The summed E-state index contributed by atoms with van der Waals surface area (Å²) >= 11 is 0. The maximum absolute atomic E-state index is 4.50. The minimum Gasteiger partial charge on any atom is -0.356 e. The van der Waals surface area contributed by atoms with Crippen LogP contribution in [-0.2, 0) is 19.5 Å². The molecule has 1 aromatic heterocycles. The van der Waals surface area contributed by atoms with Gasteiger partial charge >= 0.3 is 0 Å². The van der Waals surface area contributed by atoms with Crippen molar-refractivity contribution >= 4 is 5.96 Å². The number of guanidine groups is 1. The van der Waals surface area contributed by atoms with Gasteiger partial charge in [0.15, 0.2) is 5.96 Å². The van der Waals surface area contributed by atoms with Crippen molar-refractivity contribution in [2.75, 3.05) is 13.6 Å². The van der Waals surface area contributed by atoms with Gasteiger partial charge in [0.05, 0.1) is 6.54 Å². The van der Waals surface area contributed by atoms with Gasteiger partial charge < -0.3 is 15.2 Å². The van der Waals surface area contributed by atoms with Crippen molar-refractivity contribution in [3.05, 3.63) is 89.5 Å². The Balaban J connectivity index is 1.49. The van der Waals surface area contributed by atoms with Crippen molar-refractivity contribution in [3.8, 4) is 0 Å². The lowest BCUT2D eigenvalue weighted by Crippen LogP contribution is -2.39. The second-order valence-electron chi connectivity index (χ2n) is 7.39. The van der Waals surface area contributed by atoms with Crippen molar-refractivity contribution < 1.29 is 0 Å². The number of hydrogen-bond acceptors (Lipinski definition) is 2. The van der Waals surface area contributed by atoms with Gasteiger partial charge in [-0.05, 0) is 30.4 Å². The molecule has 5 heteroatoms. The number of hydrogen-bond donors (Lipinski definition) is 2. The van der Waals surface area contributed by atoms with Gasteiger partial charge in [-0.3, -0.25) is 4.99 Å². The molecule has 1 unspecified atom stereocenters. The second-order valence-corrected chi connectivity index (χ2v) is 7.39. The Morgan fingerprint density at radius 1 is 1.10 bits per heavy atom. The van der Waals surface area contributed by atoms with Gasteiger partial charge in [-0.1, -0.05) is 67.1 Å². The Morgan fingerprint density at radius 3 is 2.69 bits per heavy atom. The topological polar surface area (TPSA) is 54.2 Å². The molecule has 2 aromatic carbocycles. The SMILES string of the molecule is CN=C(NCc1nccn1CCc1ccccc1)NCC(C)c1cccc(C)c1. The second kappa shape index (κ2) is 10.5. The minimum absolute atomic E-state index is 0.404. The van der Waals surface area contributed by atoms with E-state index in [4.69, 9.17) is 0 Å². The number of imidazole rings is 1. The van der Waals surface area contributed by atoms with Crippen LogP contribution in [0.3, 0.4) is 0 Å². The zero-order valence-corrected chi connectivity index (χ0v) is 17.6. The van der Waals surface area contributed by atoms with Crippen LogP contribution in [0.2, 0.25) is 0 Å². The maximum Gasteiger partial charge on any atom is 0.191 e. The number of benzene rings is 2. The summed E-state index contributed by atoms with van der Waals surface area (Å²) in [5.74, 6) is 2.21. The third-order valence-corrected chi connectivity index (χ3v) is 5.11. The van der Waals surface area contributed by atoms with Gasteiger partial charge in [0.2, 0.25) is 0 Å². The molecule has 0 spiro atoms. The van der Waals surface area contributed by atoms with E-state index in [1.165, 1.54) is 16.7 Å². The number of aryl methyl sites for hydroxylation is 3. The van der Waals surface area contributed by atoms with E-state index in [1.807, 2.05) is 12.4 Å². The van der Waals surface area contributed by atoms with Crippen LogP contribution in [0.25, 0.3) is 0 Å². The number of aliphatic imine (C=N–C) groups is 1. The average molecular weight is 390 g/mol. The summed E-state index contributed by atoms with van der Waals surface area (Å²) in [5, 5.41) is 6.81. The molecule has 1 heterocycles. The number of aromatic nitrogens is 2.